The van der Waals surface area contributed by atoms with E-state index >= 15 is 0 Å². The second-order valence-corrected chi connectivity index (χ2v) is 7.87. The Morgan fingerprint density at radius 3 is 2.48 bits per heavy atom. The number of imidazole rings is 1. The van der Waals surface area contributed by atoms with Crippen molar-refractivity contribution < 1.29 is 4.79 Å². The molecule has 0 bridgehead atoms. The van der Waals surface area contributed by atoms with Gasteiger partial charge in [-0.15, -0.1) is 0 Å². The van der Waals surface area contributed by atoms with E-state index in [1.54, 1.807) is 7.05 Å². The highest BCUT2D eigenvalue weighted by molar-refractivity contribution is 5.78. The summed E-state index contributed by atoms with van der Waals surface area (Å²) in [7, 11) is 1.59. The van der Waals surface area contributed by atoms with Gasteiger partial charge >= 0.3 is 5.69 Å². The minimum Gasteiger partial charge on any atom is -0.312 e. The number of nitrogens with zero attached hydrogens (tertiary/aromatic N) is 5. The molecular weight excluding hydrogens is 370 g/mol. The van der Waals surface area contributed by atoms with Crippen molar-refractivity contribution in [3.05, 3.63) is 50.7 Å². The van der Waals surface area contributed by atoms with E-state index < -0.39 is 11.2 Å². The number of carbonyl (C=O) groups excluding carboxylic acids is 1. The van der Waals surface area contributed by atoms with Crippen LogP contribution >= 0.6 is 0 Å². The Kier molecular flexibility index (Phi) is 4.64. The summed E-state index contributed by atoms with van der Waals surface area (Å²) in [4.78, 5) is 44.1. The van der Waals surface area contributed by atoms with Crippen LogP contribution in [0, 0.1) is 5.92 Å². The summed E-state index contributed by atoms with van der Waals surface area (Å²) in [5.41, 5.74) is 1.97. The van der Waals surface area contributed by atoms with E-state index in [2.05, 4.69) is 48.0 Å². The molecule has 0 N–H and O–H groups in total. The van der Waals surface area contributed by atoms with Crippen LogP contribution in [0.3, 0.4) is 0 Å². The first kappa shape index (κ1) is 19.2. The summed E-state index contributed by atoms with van der Waals surface area (Å²) >= 11 is 0. The van der Waals surface area contributed by atoms with Crippen LogP contribution in [0.2, 0.25) is 0 Å². The Labute approximate surface area is 168 Å². The first-order chi connectivity index (χ1) is 13.8. The third-order valence-electron chi connectivity index (χ3n) is 5.48. The molecule has 1 atom stereocenters. The number of aryl methyl sites for hydroxylation is 2. The van der Waals surface area contributed by atoms with Crippen molar-refractivity contribution in [2.45, 2.75) is 40.3 Å². The summed E-state index contributed by atoms with van der Waals surface area (Å²) in [6.07, 6.45) is 0.965. The molecule has 0 amide bonds. The van der Waals surface area contributed by atoms with E-state index in [-0.39, 0.29) is 18.2 Å². The summed E-state index contributed by atoms with van der Waals surface area (Å²) in [5.74, 6) is 0.687. The van der Waals surface area contributed by atoms with Crippen LogP contribution in [0.1, 0.15) is 26.3 Å². The largest absolute Gasteiger partial charge is 0.332 e. The maximum atomic E-state index is 13.1. The zero-order valence-corrected chi connectivity index (χ0v) is 17.2. The molecule has 1 aromatic carbocycles. The molecule has 1 aliphatic rings. The lowest BCUT2D eigenvalue weighted by atomic mass is 10.1. The monoisotopic (exact) mass is 395 g/mol. The van der Waals surface area contributed by atoms with Crippen molar-refractivity contribution in [2.75, 3.05) is 11.4 Å². The quantitative estimate of drug-likeness (QED) is 0.673. The molecule has 0 aliphatic carbocycles. The Bertz CT molecular complexity index is 1220. The lowest BCUT2D eigenvalue weighted by Crippen LogP contribution is -2.41. The molecule has 0 radical (unpaired) electrons. The van der Waals surface area contributed by atoms with Gasteiger partial charge in [-0.25, -0.2) is 4.79 Å². The van der Waals surface area contributed by atoms with Crippen LogP contribution in [0.5, 0.6) is 0 Å². The lowest BCUT2D eigenvalue weighted by molar-refractivity contribution is -0.117. The molecule has 2 aromatic heterocycles. The Morgan fingerprint density at radius 2 is 1.86 bits per heavy atom. The Hall–Kier alpha value is -3.16. The van der Waals surface area contributed by atoms with E-state index in [4.69, 9.17) is 0 Å². The standard InChI is InChI=1S/C21H25N5O3/c1-5-15-6-8-16(9-7-15)24-10-13(2)11-25-17-18(22-20(24)25)23(4)21(29)26(19(17)28)12-14(3)27/h6-9,13H,5,10-12H2,1-4H3. The molecule has 0 saturated carbocycles. The van der Waals surface area contributed by atoms with Crippen LogP contribution in [0.25, 0.3) is 11.2 Å². The van der Waals surface area contributed by atoms with Crippen LogP contribution in [-0.2, 0) is 31.4 Å². The molecule has 0 saturated heterocycles. The van der Waals surface area contributed by atoms with Crippen LogP contribution in [0.15, 0.2) is 33.9 Å². The van der Waals surface area contributed by atoms with Gasteiger partial charge in [-0.05, 0) is 37.0 Å². The van der Waals surface area contributed by atoms with Gasteiger partial charge in [0, 0.05) is 25.8 Å². The highest BCUT2D eigenvalue weighted by atomic mass is 16.2. The molecule has 8 nitrogen and oxygen atoms in total. The highest BCUT2D eigenvalue weighted by Crippen LogP contribution is 2.32. The van der Waals surface area contributed by atoms with Crippen molar-refractivity contribution in [1.29, 1.82) is 0 Å². The predicted octanol–water partition coefficient (Wildman–Crippen LogP) is 1.84. The highest BCUT2D eigenvalue weighted by Gasteiger charge is 2.29. The lowest BCUT2D eigenvalue weighted by Gasteiger charge is -2.33. The van der Waals surface area contributed by atoms with Gasteiger partial charge in [-0.1, -0.05) is 26.0 Å². The summed E-state index contributed by atoms with van der Waals surface area (Å²) in [5, 5.41) is 0. The smallest absolute Gasteiger partial charge is 0.312 e. The molecule has 3 aromatic rings. The van der Waals surface area contributed by atoms with E-state index in [0.717, 1.165) is 23.2 Å². The number of hydrogen-bond acceptors (Lipinski definition) is 5. The zero-order valence-electron chi connectivity index (χ0n) is 17.2. The van der Waals surface area contributed by atoms with Gasteiger partial charge in [0.15, 0.2) is 11.2 Å². The molecule has 29 heavy (non-hydrogen) atoms. The van der Waals surface area contributed by atoms with Crippen molar-refractivity contribution in [2.24, 2.45) is 13.0 Å². The van der Waals surface area contributed by atoms with Crippen LogP contribution in [0.4, 0.5) is 11.6 Å². The molecule has 0 fully saturated rings. The average molecular weight is 395 g/mol. The normalized spacial score (nSPS) is 16.3. The molecule has 0 spiro atoms. The predicted molar refractivity (Wildman–Crippen MR) is 112 cm³/mol. The van der Waals surface area contributed by atoms with Gasteiger partial charge in [-0.2, -0.15) is 4.98 Å². The third-order valence-corrected chi connectivity index (χ3v) is 5.48. The fraction of sp³-hybridized carbons (Fsp3) is 0.429. The molecular formula is C21H25N5O3. The number of carbonyl (C=O) groups is 1. The fourth-order valence-corrected chi connectivity index (χ4v) is 4.00. The number of Topliss-reactive ketones (excluding diaryl/α,β-unsaturated/α-hetero) is 1. The van der Waals surface area contributed by atoms with Gasteiger partial charge in [-0.3, -0.25) is 18.7 Å². The van der Waals surface area contributed by atoms with Crippen LogP contribution in [-0.4, -0.2) is 31.0 Å². The summed E-state index contributed by atoms with van der Waals surface area (Å²) in [6, 6.07) is 8.32. The number of benzene rings is 1. The SMILES string of the molecule is CCc1ccc(N2CC(C)Cn3c2nc2c3c(=O)n(CC(C)=O)c(=O)n2C)cc1. The van der Waals surface area contributed by atoms with Crippen molar-refractivity contribution in [3.63, 3.8) is 0 Å². The summed E-state index contributed by atoms with van der Waals surface area (Å²) < 4.78 is 4.24. The number of anilines is 2. The van der Waals surface area contributed by atoms with E-state index in [1.807, 2.05) is 4.57 Å². The number of aromatic nitrogens is 4. The molecule has 8 heteroatoms. The van der Waals surface area contributed by atoms with E-state index in [9.17, 15) is 14.4 Å². The molecule has 152 valence electrons. The minimum atomic E-state index is -0.528. The second kappa shape index (κ2) is 7.02. The molecule has 4 rings (SSSR count). The van der Waals surface area contributed by atoms with Crippen molar-refractivity contribution in [1.82, 2.24) is 18.7 Å². The Balaban J connectivity index is 1.96. The van der Waals surface area contributed by atoms with Crippen LogP contribution < -0.4 is 16.1 Å². The average Bonchev–Trinajstić information content (AvgIpc) is 3.08. The van der Waals surface area contributed by atoms with Gasteiger partial charge < -0.3 is 9.47 Å². The topological polar surface area (TPSA) is 82.1 Å². The van der Waals surface area contributed by atoms with Gasteiger partial charge in [0.05, 0.1) is 6.54 Å². The van der Waals surface area contributed by atoms with E-state index in [0.29, 0.717) is 23.7 Å². The summed E-state index contributed by atoms with van der Waals surface area (Å²) in [6.45, 7) is 6.76. The van der Waals surface area contributed by atoms with Gasteiger partial charge in [0.1, 0.15) is 5.78 Å². The van der Waals surface area contributed by atoms with Gasteiger partial charge in [0.2, 0.25) is 5.95 Å². The Morgan fingerprint density at radius 1 is 1.17 bits per heavy atom. The van der Waals surface area contributed by atoms with Crippen molar-refractivity contribution in [3.8, 4) is 0 Å². The van der Waals surface area contributed by atoms with Gasteiger partial charge in [0.25, 0.3) is 5.56 Å². The first-order valence-electron chi connectivity index (χ1n) is 9.87. The number of ketones is 1. The number of hydrogen-bond donors (Lipinski definition) is 0. The number of fused-ring (bicyclic) bond motifs is 3. The third kappa shape index (κ3) is 3.08. The number of rotatable bonds is 4. The zero-order chi connectivity index (χ0) is 20.9. The maximum absolute atomic E-state index is 13.1. The molecule has 1 aliphatic heterocycles. The maximum Gasteiger partial charge on any atom is 0.332 e. The van der Waals surface area contributed by atoms with E-state index in [1.165, 1.54) is 17.1 Å². The molecule has 1 unspecified atom stereocenters. The molecule has 3 heterocycles. The van der Waals surface area contributed by atoms with Crippen molar-refractivity contribution >= 4 is 28.6 Å². The second-order valence-electron chi connectivity index (χ2n) is 7.87. The first-order valence-corrected chi connectivity index (χ1v) is 9.87. The minimum absolute atomic E-state index is 0.236. The fourth-order valence-electron chi connectivity index (χ4n) is 4.00.